The normalized spacial score (nSPS) is 13.7. The fourth-order valence-electron chi connectivity index (χ4n) is 8.43. The number of benzene rings is 8. The van der Waals surface area contributed by atoms with E-state index in [9.17, 15) is 0 Å². The van der Waals surface area contributed by atoms with Gasteiger partial charge in [0.1, 0.15) is 0 Å². The molecule has 8 aromatic rings. The van der Waals surface area contributed by atoms with Crippen LogP contribution in [0.15, 0.2) is 146 Å². The van der Waals surface area contributed by atoms with E-state index in [1.807, 2.05) is 0 Å². The summed E-state index contributed by atoms with van der Waals surface area (Å²) in [5, 5.41) is 7.88. The van der Waals surface area contributed by atoms with E-state index in [0.29, 0.717) is 0 Å². The highest BCUT2D eigenvalue weighted by molar-refractivity contribution is 6.22. The maximum atomic E-state index is 2.43. The van der Waals surface area contributed by atoms with Crippen LogP contribution in [0.5, 0.6) is 0 Å². The summed E-state index contributed by atoms with van der Waals surface area (Å²) in [6.45, 7) is 4.72. The van der Waals surface area contributed by atoms with E-state index in [4.69, 9.17) is 0 Å². The minimum Gasteiger partial charge on any atom is -0.0619 e. The Labute approximate surface area is 263 Å². The molecule has 0 atom stereocenters. The van der Waals surface area contributed by atoms with Gasteiger partial charge in [-0.2, -0.15) is 0 Å². The fourth-order valence-corrected chi connectivity index (χ4v) is 8.43. The summed E-state index contributed by atoms with van der Waals surface area (Å²) in [4.78, 5) is 0. The van der Waals surface area contributed by atoms with Crippen molar-refractivity contribution in [3.63, 3.8) is 0 Å². The maximum Gasteiger partial charge on any atom is 0.0159 e. The van der Waals surface area contributed by atoms with Gasteiger partial charge in [-0.05, 0) is 117 Å². The highest BCUT2D eigenvalue weighted by atomic mass is 14.4. The molecule has 0 unspecified atom stereocenters. The van der Waals surface area contributed by atoms with Gasteiger partial charge >= 0.3 is 0 Å². The molecule has 10 rings (SSSR count). The Hall–Kier alpha value is -5.46. The van der Waals surface area contributed by atoms with Gasteiger partial charge in [-0.3, -0.25) is 0 Å². The average Bonchev–Trinajstić information content (AvgIpc) is 3.53. The lowest BCUT2D eigenvalue weighted by molar-refractivity contribution is 0.660. The van der Waals surface area contributed by atoms with Crippen molar-refractivity contribution in [2.75, 3.05) is 0 Å². The molecule has 2 aliphatic carbocycles. The molecule has 210 valence electrons. The smallest absolute Gasteiger partial charge is 0.0159 e. The fraction of sp³-hybridized carbons (Fsp3) is 0.0667. The Morgan fingerprint density at radius 3 is 1.82 bits per heavy atom. The summed E-state index contributed by atoms with van der Waals surface area (Å²) < 4.78 is 0. The molecule has 0 N–H and O–H groups in total. The SMILES string of the molecule is CC1(C)c2ccccc2-c2ccc(-c3ccc4c(c3)-c3cccc5c(-c6cc7ccccc7c7ccccc67)ccc-4c35)cc21. The van der Waals surface area contributed by atoms with Crippen molar-refractivity contribution in [2.24, 2.45) is 0 Å². The molecule has 0 spiro atoms. The summed E-state index contributed by atoms with van der Waals surface area (Å²) in [6.07, 6.45) is 0. The van der Waals surface area contributed by atoms with Gasteiger partial charge in [-0.25, -0.2) is 0 Å². The van der Waals surface area contributed by atoms with Crippen LogP contribution in [0.3, 0.4) is 0 Å². The van der Waals surface area contributed by atoms with Crippen molar-refractivity contribution >= 4 is 32.3 Å². The monoisotopic (exact) mass is 570 g/mol. The maximum absolute atomic E-state index is 2.43. The lowest BCUT2D eigenvalue weighted by Crippen LogP contribution is -2.14. The molecule has 45 heavy (non-hydrogen) atoms. The highest BCUT2D eigenvalue weighted by Crippen LogP contribution is 2.53. The second kappa shape index (κ2) is 8.80. The van der Waals surface area contributed by atoms with E-state index in [2.05, 4.69) is 159 Å². The minimum absolute atomic E-state index is 0.0101. The largest absolute Gasteiger partial charge is 0.0619 e. The third-order valence-electron chi connectivity index (χ3n) is 10.6. The van der Waals surface area contributed by atoms with E-state index in [1.165, 1.54) is 99.1 Å². The van der Waals surface area contributed by atoms with Gasteiger partial charge in [0.05, 0.1) is 0 Å². The minimum atomic E-state index is -0.0101. The van der Waals surface area contributed by atoms with Crippen molar-refractivity contribution in [1.29, 1.82) is 0 Å². The first-order chi connectivity index (χ1) is 22.1. The van der Waals surface area contributed by atoms with Crippen LogP contribution in [-0.4, -0.2) is 0 Å². The quantitative estimate of drug-likeness (QED) is 0.181. The van der Waals surface area contributed by atoms with Crippen LogP contribution in [0.2, 0.25) is 0 Å². The molecule has 0 saturated carbocycles. The molecular weight excluding hydrogens is 540 g/mol. The second-order valence-electron chi connectivity index (χ2n) is 13.3. The Bertz CT molecular complexity index is 2560. The van der Waals surface area contributed by atoms with Crippen LogP contribution >= 0.6 is 0 Å². The zero-order valence-electron chi connectivity index (χ0n) is 25.4. The average molecular weight is 571 g/mol. The number of hydrogen-bond donors (Lipinski definition) is 0. The third-order valence-corrected chi connectivity index (χ3v) is 10.6. The first kappa shape index (κ1) is 24.9. The summed E-state index contributed by atoms with van der Waals surface area (Å²) in [5.74, 6) is 0. The molecule has 2 aliphatic rings. The predicted molar refractivity (Wildman–Crippen MR) is 192 cm³/mol. The molecule has 8 aromatic carbocycles. The zero-order chi connectivity index (χ0) is 29.9. The van der Waals surface area contributed by atoms with Crippen LogP contribution in [-0.2, 0) is 5.41 Å². The molecule has 0 heteroatoms. The molecule has 0 aromatic heterocycles. The van der Waals surface area contributed by atoms with Crippen LogP contribution in [0.25, 0.3) is 88.0 Å². The zero-order valence-corrected chi connectivity index (χ0v) is 25.4. The number of rotatable bonds is 2. The molecule has 0 aliphatic heterocycles. The summed E-state index contributed by atoms with van der Waals surface area (Å²) in [7, 11) is 0. The van der Waals surface area contributed by atoms with Crippen molar-refractivity contribution in [3.05, 3.63) is 157 Å². The highest BCUT2D eigenvalue weighted by Gasteiger charge is 2.35. The van der Waals surface area contributed by atoms with Gasteiger partial charge in [0.2, 0.25) is 0 Å². The van der Waals surface area contributed by atoms with Gasteiger partial charge in [-0.1, -0.05) is 141 Å². The molecular formula is C45H30. The van der Waals surface area contributed by atoms with E-state index < -0.39 is 0 Å². The van der Waals surface area contributed by atoms with Crippen LogP contribution in [0.1, 0.15) is 25.0 Å². The van der Waals surface area contributed by atoms with Crippen molar-refractivity contribution in [3.8, 4) is 55.6 Å². The Balaban J connectivity index is 1.14. The third kappa shape index (κ3) is 3.32. The molecule has 0 nitrogen and oxygen atoms in total. The van der Waals surface area contributed by atoms with Crippen molar-refractivity contribution in [1.82, 2.24) is 0 Å². The van der Waals surface area contributed by atoms with Gasteiger partial charge in [-0.15, -0.1) is 0 Å². The van der Waals surface area contributed by atoms with Crippen LogP contribution < -0.4 is 0 Å². The molecule has 0 heterocycles. The molecule has 0 amide bonds. The standard InChI is InChI=1S/C45H30/c1-45(2)42-17-8-7-14-35(42)36-21-19-28(26-43(36)45)27-18-20-33-39-23-22-34(37-15-9-16-38(44(37)39)41(33)24-27)40-25-29-10-3-4-11-30(29)31-12-5-6-13-32(31)40/h3-26H,1-2H3. The van der Waals surface area contributed by atoms with Gasteiger partial charge in [0.15, 0.2) is 0 Å². The number of hydrogen-bond acceptors (Lipinski definition) is 0. The van der Waals surface area contributed by atoms with Crippen molar-refractivity contribution in [2.45, 2.75) is 19.3 Å². The van der Waals surface area contributed by atoms with Gasteiger partial charge in [0.25, 0.3) is 0 Å². The molecule has 0 bridgehead atoms. The molecule has 0 fully saturated rings. The summed E-state index contributed by atoms with van der Waals surface area (Å²) in [6, 6.07) is 54.6. The second-order valence-corrected chi connectivity index (χ2v) is 13.3. The predicted octanol–water partition coefficient (Wildman–Crippen LogP) is 12.4. The first-order valence-electron chi connectivity index (χ1n) is 15.9. The van der Waals surface area contributed by atoms with Gasteiger partial charge < -0.3 is 0 Å². The molecule has 0 saturated heterocycles. The number of fused-ring (bicyclic) bond motifs is 9. The van der Waals surface area contributed by atoms with Crippen LogP contribution in [0, 0.1) is 0 Å². The van der Waals surface area contributed by atoms with Crippen LogP contribution in [0.4, 0.5) is 0 Å². The first-order valence-corrected chi connectivity index (χ1v) is 15.9. The lowest BCUT2D eigenvalue weighted by Gasteiger charge is -2.22. The summed E-state index contributed by atoms with van der Waals surface area (Å²) in [5.41, 5.74) is 16.0. The van der Waals surface area contributed by atoms with E-state index in [-0.39, 0.29) is 5.41 Å². The van der Waals surface area contributed by atoms with E-state index >= 15 is 0 Å². The van der Waals surface area contributed by atoms with Crippen molar-refractivity contribution < 1.29 is 0 Å². The molecule has 0 radical (unpaired) electrons. The Morgan fingerprint density at radius 1 is 0.333 bits per heavy atom. The van der Waals surface area contributed by atoms with E-state index in [0.717, 1.165) is 0 Å². The lowest BCUT2D eigenvalue weighted by atomic mass is 9.81. The van der Waals surface area contributed by atoms with Gasteiger partial charge in [0, 0.05) is 5.41 Å². The summed E-state index contributed by atoms with van der Waals surface area (Å²) >= 11 is 0. The van der Waals surface area contributed by atoms with E-state index in [1.54, 1.807) is 0 Å². The topological polar surface area (TPSA) is 0 Å². The Kier molecular flexibility index (Phi) is 4.88. The Morgan fingerprint density at radius 2 is 0.933 bits per heavy atom.